The Balaban J connectivity index is 1.52. The van der Waals surface area contributed by atoms with Gasteiger partial charge in [-0.05, 0) is 43.0 Å². The van der Waals surface area contributed by atoms with Gasteiger partial charge in [-0.25, -0.2) is 0 Å². The van der Waals surface area contributed by atoms with Crippen LogP contribution in [0.25, 0.3) is 12.2 Å². The molecule has 0 spiro atoms. The first kappa shape index (κ1) is 16.9. The maximum absolute atomic E-state index is 13.3. The van der Waals surface area contributed by atoms with E-state index >= 15 is 0 Å². The SMILES string of the molecule is CC1CCC(=Cc2cccc3c2OCO3)C(=O)C1=Cc1cccc2c1OCO2. The first-order valence-corrected chi connectivity index (χ1v) is 9.45. The van der Waals surface area contributed by atoms with Crippen LogP contribution in [0.15, 0.2) is 47.5 Å². The molecule has 5 nitrogen and oxygen atoms in total. The molecule has 0 aromatic heterocycles. The third-order valence-electron chi connectivity index (χ3n) is 5.43. The fraction of sp³-hybridized carbons (Fsp3) is 0.261. The summed E-state index contributed by atoms with van der Waals surface area (Å²) in [5.74, 6) is 3.11. The molecule has 1 fully saturated rings. The fourth-order valence-electron chi connectivity index (χ4n) is 3.88. The van der Waals surface area contributed by atoms with Crippen LogP contribution >= 0.6 is 0 Å². The predicted octanol–water partition coefficient (Wildman–Crippen LogP) is 4.61. The average molecular weight is 376 g/mol. The van der Waals surface area contributed by atoms with Gasteiger partial charge in [-0.2, -0.15) is 0 Å². The van der Waals surface area contributed by atoms with Gasteiger partial charge in [0.2, 0.25) is 13.6 Å². The summed E-state index contributed by atoms with van der Waals surface area (Å²) in [4.78, 5) is 13.3. The molecule has 1 atom stereocenters. The lowest BCUT2D eigenvalue weighted by molar-refractivity contribution is -0.113. The van der Waals surface area contributed by atoms with E-state index in [1.807, 2.05) is 48.6 Å². The van der Waals surface area contributed by atoms with Crippen molar-refractivity contribution >= 4 is 17.9 Å². The summed E-state index contributed by atoms with van der Waals surface area (Å²) < 4.78 is 22.1. The van der Waals surface area contributed by atoms with Crippen LogP contribution in [-0.4, -0.2) is 19.4 Å². The lowest BCUT2D eigenvalue weighted by atomic mass is 9.80. The highest BCUT2D eigenvalue weighted by Crippen LogP contribution is 2.41. The molecule has 2 aromatic rings. The molecule has 1 unspecified atom stereocenters. The zero-order valence-corrected chi connectivity index (χ0v) is 15.6. The zero-order chi connectivity index (χ0) is 19.1. The fourth-order valence-corrected chi connectivity index (χ4v) is 3.88. The number of carbonyl (C=O) groups is 1. The molecule has 0 radical (unpaired) electrons. The van der Waals surface area contributed by atoms with Crippen molar-refractivity contribution in [1.29, 1.82) is 0 Å². The normalized spacial score (nSPS) is 22.9. The highest BCUT2D eigenvalue weighted by atomic mass is 16.7. The molecule has 5 rings (SSSR count). The van der Waals surface area contributed by atoms with E-state index in [4.69, 9.17) is 18.9 Å². The van der Waals surface area contributed by atoms with Gasteiger partial charge in [0, 0.05) is 22.3 Å². The van der Waals surface area contributed by atoms with Crippen molar-refractivity contribution in [3.63, 3.8) is 0 Å². The van der Waals surface area contributed by atoms with E-state index in [9.17, 15) is 4.79 Å². The number of allylic oxidation sites excluding steroid dienone is 2. The summed E-state index contributed by atoms with van der Waals surface area (Å²) in [7, 11) is 0. The number of ketones is 1. The van der Waals surface area contributed by atoms with Crippen LogP contribution < -0.4 is 18.9 Å². The molecule has 142 valence electrons. The Morgan fingerprint density at radius 1 is 0.857 bits per heavy atom. The number of fused-ring (bicyclic) bond motifs is 2. The van der Waals surface area contributed by atoms with Gasteiger partial charge >= 0.3 is 0 Å². The Morgan fingerprint density at radius 3 is 2.11 bits per heavy atom. The number of carbonyl (C=O) groups excluding carboxylic acids is 1. The highest BCUT2D eigenvalue weighted by Gasteiger charge is 2.28. The second kappa shape index (κ2) is 6.75. The quantitative estimate of drug-likeness (QED) is 0.717. The maximum atomic E-state index is 13.3. The van der Waals surface area contributed by atoms with Gasteiger partial charge in [0.15, 0.2) is 28.8 Å². The molecule has 28 heavy (non-hydrogen) atoms. The van der Waals surface area contributed by atoms with Gasteiger partial charge in [-0.1, -0.05) is 31.2 Å². The number of Topliss-reactive ketones (excluding diaryl/α,β-unsaturated/α-hetero) is 1. The first-order valence-electron chi connectivity index (χ1n) is 9.45. The molecule has 2 heterocycles. The molecule has 0 N–H and O–H groups in total. The van der Waals surface area contributed by atoms with Crippen LogP contribution in [0.5, 0.6) is 23.0 Å². The molecule has 0 bridgehead atoms. The Morgan fingerprint density at radius 2 is 1.46 bits per heavy atom. The molecule has 2 aromatic carbocycles. The number of hydrogen-bond acceptors (Lipinski definition) is 5. The van der Waals surface area contributed by atoms with Gasteiger partial charge in [0.05, 0.1) is 0 Å². The topological polar surface area (TPSA) is 54.0 Å². The monoisotopic (exact) mass is 376 g/mol. The summed E-state index contributed by atoms with van der Waals surface area (Å²) >= 11 is 0. The van der Waals surface area contributed by atoms with Crippen LogP contribution in [0.1, 0.15) is 30.9 Å². The van der Waals surface area contributed by atoms with Crippen LogP contribution in [0.2, 0.25) is 0 Å². The van der Waals surface area contributed by atoms with Gasteiger partial charge in [0.1, 0.15) is 0 Å². The van der Waals surface area contributed by atoms with E-state index < -0.39 is 0 Å². The molecule has 1 aliphatic carbocycles. The zero-order valence-electron chi connectivity index (χ0n) is 15.6. The summed E-state index contributed by atoms with van der Waals surface area (Å²) in [5, 5.41) is 0. The standard InChI is InChI=1S/C23H20O5/c1-14-8-9-15(10-16-4-2-6-19-22(16)27-12-25-19)21(24)18(14)11-17-5-3-7-20-23(17)28-13-26-20/h2-7,10-11,14H,8-9,12-13H2,1H3. The minimum Gasteiger partial charge on any atom is -0.454 e. The van der Waals surface area contributed by atoms with Crippen LogP contribution in [-0.2, 0) is 4.79 Å². The molecular formula is C23H20O5. The molecule has 0 saturated heterocycles. The van der Waals surface area contributed by atoms with Crippen molar-refractivity contribution in [2.45, 2.75) is 19.8 Å². The van der Waals surface area contributed by atoms with Gasteiger partial charge in [0.25, 0.3) is 0 Å². The second-order valence-corrected chi connectivity index (χ2v) is 7.20. The molecule has 0 amide bonds. The third kappa shape index (κ3) is 2.83. The molecule has 3 aliphatic rings. The van der Waals surface area contributed by atoms with E-state index in [2.05, 4.69) is 6.92 Å². The maximum Gasteiger partial charge on any atom is 0.231 e. The second-order valence-electron chi connectivity index (χ2n) is 7.20. The Labute approximate surface area is 163 Å². The van der Waals surface area contributed by atoms with Crippen molar-refractivity contribution in [2.75, 3.05) is 13.6 Å². The van der Waals surface area contributed by atoms with Gasteiger partial charge in [-0.3, -0.25) is 4.79 Å². The minimum absolute atomic E-state index is 0.0757. The predicted molar refractivity (Wildman–Crippen MR) is 104 cm³/mol. The summed E-state index contributed by atoms with van der Waals surface area (Å²) in [6, 6.07) is 11.5. The lowest BCUT2D eigenvalue weighted by Gasteiger charge is -2.23. The highest BCUT2D eigenvalue weighted by molar-refractivity contribution is 6.14. The number of para-hydroxylation sites is 2. The van der Waals surface area contributed by atoms with Gasteiger partial charge < -0.3 is 18.9 Å². The molecule has 5 heteroatoms. The Kier molecular flexibility index (Phi) is 4.08. The summed E-state index contributed by atoms with van der Waals surface area (Å²) in [5.41, 5.74) is 3.34. The largest absolute Gasteiger partial charge is 0.454 e. The minimum atomic E-state index is 0.0757. The van der Waals surface area contributed by atoms with Crippen LogP contribution in [0.3, 0.4) is 0 Å². The van der Waals surface area contributed by atoms with E-state index in [0.29, 0.717) is 11.5 Å². The summed E-state index contributed by atoms with van der Waals surface area (Å²) in [6.07, 6.45) is 5.55. The van der Waals surface area contributed by atoms with E-state index in [0.717, 1.165) is 46.6 Å². The van der Waals surface area contributed by atoms with Crippen molar-refractivity contribution in [3.05, 3.63) is 58.7 Å². The smallest absolute Gasteiger partial charge is 0.231 e. The van der Waals surface area contributed by atoms with Crippen LogP contribution in [0.4, 0.5) is 0 Å². The molecular weight excluding hydrogens is 356 g/mol. The van der Waals surface area contributed by atoms with Crippen molar-refractivity contribution in [3.8, 4) is 23.0 Å². The van der Waals surface area contributed by atoms with Gasteiger partial charge in [-0.15, -0.1) is 0 Å². The number of rotatable bonds is 2. The van der Waals surface area contributed by atoms with E-state index in [1.165, 1.54) is 0 Å². The van der Waals surface area contributed by atoms with Crippen molar-refractivity contribution < 1.29 is 23.7 Å². The number of benzene rings is 2. The van der Waals surface area contributed by atoms with E-state index in [1.54, 1.807) is 0 Å². The Bertz CT molecular complexity index is 1020. The Hall–Kier alpha value is -3.21. The third-order valence-corrected chi connectivity index (χ3v) is 5.43. The number of ether oxygens (including phenoxy) is 4. The van der Waals surface area contributed by atoms with Crippen molar-refractivity contribution in [2.24, 2.45) is 5.92 Å². The van der Waals surface area contributed by atoms with E-state index in [-0.39, 0.29) is 25.3 Å². The van der Waals surface area contributed by atoms with Crippen molar-refractivity contribution in [1.82, 2.24) is 0 Å². The average Bonchev–Trinajstić information content (AvgIpc) is 3.37. The molecule has 1 saturated carbocycles. The van der Waals surface area contributed by atoms with Crippen LogP contribution in [0, 0.1) is 5.92 Å². The lowest BCUT2D eigenvalue weighted by Crippen LogP contribution is -2.19. The molecule has 2 aliphatic heterocycles. The first-order chi connectivity index (χ1) is 13.7. The summed E-state index contributed by atoms with van der Waals surface area (Å²) in [6.45, 7) is 2.52. The number of hydrogen-bond donors (Lipinski definition) is 0.